The second kappa shape index (κ2) is 8.39. The lowest BCUT2D eigenvalue weighted by Crippen LogP contribution is -2.33. The summed E-state index contributed by atoms with van der Waals surface area (Å²) < 4.78 is 0. The zero-order chi connectivity index (χ0) is 11.6. The summed E-state index contributed by atoms with van der Waals surface area (Å²) in [6.45, 7) is 7.72. The maximum atomic E-state index is 5.69. The van der Waals surface area contributed by atoms with Gasteiger partial charge in [0.05, 0.1) is 0 Å². The Morgan fingerprint density at radius 2 is 2.06 bits per heavy atom. The van der Waals surface area contributed by atoms with Crippen LogP contribution in [0.5, 0.6) is 0 Å². The Labute approximate surface area is 99.3 Å². The van der Waals surface area contributed by atoms with E-state index in [0.29, 0.717) is 5.96 Å². The minimum absolute atomic E-state index is 0.600. The minimum atomic E-state index is 0.600. The van der Waals surface area contributed by atoms with Crippen molar-refractivity contribution in [2.24, 2.45) is 10.7 Å². The molecule has 0 bridgehead atoms. The van der Waals surface area contributed by atoms with E-state index in [4.69, 9.17) is 5.73 Å². The quantitative estimate of drug-likeness (QED) is 0.389. The van der Waals surface area contributed by atoms with Crippen LogP contribution >= 0.6 is 0 Å². The molecule has 0 amide bonds. The standard InChI is InChI=1S/C12H26N4/c1-2-7-14-12(13)15-8-3-4-9-16-10-5-6-11-16/h2-11H2,1H3,(H3,13,14,15). The Balaban J connectivity index is 1.90. The molecule has 16 heavy (non-hydrogen) atoms. The van der Waals surface area contributed by atoms with E-state index >= 15 is 0 Å². The van der Waals surface area contributed by atoms with Crippen LogP contribution in [0, 0.1) is 0 Å². The van der Waals surface area contributed by atoms with Gasteiger partial charge in [-0.3, -0.25) is 4.99 Å². The molecule has 0 saturated carbocycles. The molecule has 0 radical (unpaired) electrons. The first-order valence-electron chi connectivity index (χ1n) is 6.59. The molecule has 1 aliphatic heterocycles. The van der Waals surface area contributed by atoms with Crippen LogP contribution in [0.2, 0.25) is 0 Å². The van der Waals surface area contributed by atoms with Crippen molar-refractivity contribution in [1.82, 2.24) is 10.2 Å². The molecule has 0 aromatic heterocycles. The molecule has 1 fully saturated rings. The van der Waals surface area contributed by atoms with Gasteiger partial charge < -0.3 is 16.0 Å². The highest BCUT2D eigenvalue weighted by atomic mass is 15.1. The van der Waals surface area contributed by atoms with E-state index in [1.54, 1.807) is 0 Å². The molecule has 1 saturated heterocycles. The first-order chi connectivity index (χ1) is 7.83. The lowest BCUT2D eigenvalue weighted by Gasteiger charge is -2.14. The third-order valence-corrected chi connectivity index (χ3v) is 2.91. The third-order valence-electron chi connectivity index (χ3n) is 2.91. The van der Waals surface area contributed by atoms with Gasteiger partial charge in [-0.2, -0.15) is 0 Å². The van der Waals surface area contributed by atoms with Gasteiger partial charge in [0.1, 0.15) is 0 Å². The van der Waals surface area contributed by atoms with E-state index in [1.807, 2.05) is 0 Å². The first kappa shape index (κ1) is 13.3. The molecule has 3 N–H and O–H groups in total. The topological polar surface area (TPSA) is 53.6 Å². The van der Waals surface area contributed by atoms with E-state index in [0.717, 1.165) is 19.5 Å². The zero-order valence-corrected chi connectivity index (χ0v) is 10.5. The van der Waals surface area contributed by atoms with Crippen LogP contribution in [0.4, 0.5) is 0 Å². The summed E-state index contributed by atoms with van der Waals surface area (Å²) in [5.74, 6) is 0.600. The Hall–Kier alpha value is -0.770. The number of nitrogens with two attached hydrogens (primary N) is 1. The predicted molar refractivity (Wildman–Crippen MR) is 69.7 cm³/mol. The number of rotatable bonds is 7. The Morgan fingerprint density at radius 1 is 1.31 bits per heavy atom. The molecular weight excluding hydrogens is 200 g/mol. The first-order valence-corrected chi connectivity index (χ1v) is 6.59. The molecule has 4 heteroatoms. The number of unbranched alkanes of at least 4 members (excludes halogenated alkanes) is 1. The summed E-state index contributed by atoms with van der Waals surface area (Å²) in [6, 6.07) is 0. The molecule has 1 rings (SSSR count). The average Bonchev–Trinajstić information content (AvgIpc) is 2.79. The summed E-state index contributed by atoms with van der Waals surface area (Å²) >= 11 is 0. The van der Waals surface area contributed by atoms with Crippen LogP contribution in [0.1, 0.15) is 39.0 Å². The number of hydrogen-bond donors (Lipinski definition) is 2. The van der Waals surface area contributed by atoms with Crippen molar-refractivity contribution in [2.75, 3.05) is 32.7 Å². The Kier molecular flexibility index (Phi) is 6.97. The molecule has 0 aromatic carbocycles. The van der Waals surface area contributed by atoms with Crippen LogP contribution in [0.15, 0.2) is 4.99 Å². The van der Waals surface area contributed by atoms with Crippen LogP contribution in [-0.4, -0.2) is 43.6 Å². The van der Waals surface area contributed by atoms with Crippen LogP contribution in [-0.2, 0) is 0 Å². The Bertz CT molecular complexity index is 197. The van der Waals surface area contributed by atoms with Gasteiger partial charge in [0.25, 0.3) is 0 Å². The van der Waals surface area contributed by atoms with Crippen molar-refractivity contribution in [1.29, 1.82) is 0 Å². The van der Waals surface area contributed by atoms with Crippen molar-refractivity contribution >= 4 is 5.96 Å². The fraction of sp³-hybridized carbons (Fsp3) is 0.917. The SMILES string of the molecule is CCCN=C(N)NCCCCN1CCCC1. The average molecular weight is 226 g/mol. The fourth-order valence-electron chi connectivity index (χ4n) is 1.97. The van der Waals surface area contributed by atoms with E-state index < -0.39 is 0 Å². The van der Waals surface area contributed by atoms with Gasteiger partial charge in [-0.25, -0.2) is 0 Å². The van der Waals surface area contributed by atoms with Crippen molar-refractivity contribution in [3.63, 3.8) is 0 Å². The number of hydrogen-bond acceptors (Lipinski definition) is 2. The maximum absolute atomic E-state index is 5.69. The summed E-state index contributed by atoms with van der Waals surface area (Å²) in [7, 11) is 0. The summed E-state index contributed by atoms with van der Waals surface area (Å²) in [6.07, 6.45) is 6.26. The molecule has 0 unspecified atom stereocenters. The van der Waals surface area contributed by atoms with Gasteiger partial charge in [0, 0.05) is 13.1 Å². The summed E-state index contributed by atoms with van der Waals surface area (Å²) in [5, 5.41) is 3.15. The summed E-state index contributed by atoms with van der Waals surface area (Å²) in [5.41, 5.74) is 5.69. The van der Waals surface area contributed by atoms with E-state index in [-0.39, 0.29) is 0 Å². The van der Waals surface area contributed by atoms with E-state index in [9.17, 15) is 0 Å². The second-order valence-electron chi connectivity index (χ2n) is 4.45. The highest BCUT2D eigenvalue weighted by Gasteiger charge is 2.09. The smallest absolute Gasteiger partial charge is 0.188 e. The van der Waals surface area contributed by atoms with Crippen molar-refractivity contribution in [3.8, 4) is 0 Å². The Morgan fingerprint density at radius 3 is 2.75 bits per heavy atom. The van der Waals surface area contributed by atoms with Gasteiger partial charge in [0.15, 0.2) is 5.96 Å². The van der Waals surface area contributed by atoms with Crippen molar-refractivity contribution in [3.05, 3.63) is 0 Å². The van der Waals surface area contributed by atoms with Gasteiger partial charge in [-0.15, -0.1) is 0 Å². The van der Waals surface area contributed by atoms with Gasteiger partial charge in [-0.1, -0.05) is 6.92 Å². The fourth-order valence-corrected chi connectivity index (χ4v) is 1.97. The molecule has 1 heterocycles. The minimum Gasteiger partial charge on any atom is -0.370 e. The van der Waals surface area contributed by atoms with Gasteiger partial charge in [-0.05, 0) is 51.7 Å². The number of guanidine groups is 1. The third kappa shape index (κ3) is 5.95. The van der Waals surface area contributed by atoms with Gasteiger partial charge in [0.2, 0.25) is 0 Å². The van der Waals surface area contributed by atoms with Crippen LogP contribution in [0.25, 0.3) is 0 Å². The van der Waals surface area contributed by atoms with E-state index in [1.165, 1.54) is 45.3 Å². The lowest BCUT2D eigenvalue weighted by atomic mass is 10.3. The van der Waals surface area contributed by atoms with E-state index in [2.05, 4.69) is 22.1 Å². The largest absolute Gasteiger partial charge is 0.370 e. The highest BCUT2D eigenvalue weighted by Crippen LogP contribution is 2.07. The molecule has 1 aliphatic rings. The monoisotopic (exact) mass is 226 g/mol. The predicted octanol–water partition coefficient (Wildman–Crippen LogP) is 1.18. The molecule has 94 valence electrons. The molecule has 0 aromatic rings. The van der Waals surface area contributed by atoms with Crippen LogP contribution < -0.4 is 11.1 Å². The number of likely N-dealkylation sites (tertiary alicyclic amines) is 1. The van der Waals surface area contributed by atoms with Gasteiger partial charge >= 0.3 is 0 Å². The van der Waals surface area contributed by atoms with Crippen molar-refractivity contribution < 1.29 is 0 Å². The highest BCUT2D eigenvalue weighted by molar-refractivity contribution is 5.77. The van der Waals surface area contributed by atoms with Crippen molar-refractivity contribution in [2.45, 2.75) is 39.0 Å². The number of nitrogens with zero attached hydrogens (tertiary/aromatic N) is 2. The van der Waals surface area contributed by atoms with Crippen LogP contribution in [0.3, 0.4) is 0 Å². The molecule has 4 nitrogen and oxygen atoms in total. The molecule has 0 atom stereocenters. The maximum Gasteiger partial charge on any atom is 0.188 e. The molecule has 0 spiro atoms. The molecular formula is C12H26N4. The molecule has 0 aliphatic carbocycles. The lowest BCUT2D eigenvalue weighted by molar-refractivity contribution is 0.330. The number of aliphatic imine (C=N–C) groups is 1. The number of nitrogens with one attached hydrogen (secondary N) is 1. The summed E-state index contributed by atoms with van der Waals surface area (Å²) in [4.78, 5) is 6.74. The second-order valence-corrected chi connectivity index (χ2v) is 4.45. The normalized spacial score (nSPS) is 17.9. The zero-order valence-electron chi connectivity index (χ0n) is 10.5.